The third kappa shape index (κ3) is 6.82. The molecule has 10 nitrogen and oxygen atoms in total. The molecule has 5 heterocycles. The highest BCUT2D eigenvalue weighted by molar-refractivity contribution is 6.39. The number of nitrogens with zero attached hydrogens (tertiary/aromatic N) is 4. The number of pyridine rings is 1. The third-order valence-corrected chi connectivity index (χ3v) is 10.6. The molecule has 1 atom stereocenters. The van der Waals surface area contributed by atoms with E-state index < -0.39 is 0 Å². The summed E-state index contributed by atoms with van der Waals surface area (Å²) in [4.78, 5) is 39.9. The maximum atomic E-state index is 11.7. The Balaban J connectivity index is 1.10. The molecular formula is C37H38Cl2N6O4. The lowest BCUT2D eigenvalue weighted by Gasteiger charge is -2.46. The number of aryl methyl sites for hydroxylation is 1. The van der Waals surface area contributed by atoms with Gasteiger partial charge in [-0.15, -0.1) is 0 Å². The molecule has 3 saturated heterocycles. The first-order valence-electron chi connectivity index (χ1n) is 16.6. The van der Waals surface area contributed by atoms with Gasteiger partial charge in [-0.1, -0.05) is 65.7 Å². The van der Waals surface area contributed by atoms with Crippen molar-refractivity contribution in [3.8, 4) is 45.4 Å². The molecule has 12 heteroatoms. The number of methoxy groups -OCH3 is 2. The molecule has 2 aromatic carbocycles. The largest absolute Gasteiger partial charge is 0.481 e. The molecule has 3 aliphatic rings. The smallest absolute Gasteiger partial charge is 0.237 e. The predicted octanol–water partition coefficient (Wildman–Crippen LogP) is 6.12. The first-order valence-corrected chi connectivity index (χ1v) is 17.3. The Morgan fingerprint density at radius 2 is 1.55 bits per heavy atom. The molecule has 1 spiro atoms. The second-order valence-corrected chi connectivity index (χ2v) is 14.0. The quantitative estimate of drug-likeness (QED) is 0.192. The van der Waals surface area contributed by atoms with Crippen molar-refractivity contribution in [2.24, 2.45) is 5.41 Å². The number of likely N-dealkylation sites (tertiary alicyclic amines) is 1. The minimum absolute atomic E-state index is 0.0343. The number of carbonyl (C=O) groups excluding carboxylic acids is 2. The molecule has 0 unspecified atom stereocenters. The van der Waals surface area contributed by atoms with Gasteiger partial charge in [0.25, 0.3) is 0 Å². The average Bonchev–Trinajstić information content (AvgIpc) is 3.70. The Kier molecular flexibility index (Phi) is 9.46. The fraction of sp³-hybridized carbons (Fsp3) is 0.378. The molecule has 49 heavy (non-hydrogen) atoms. The summed E-state index contributed by atoms with van der Waals surface area (Å²) in [5.74, 6) is 1.26. The molecule has 7 rings (SSSR count). The summed E-state index contributed by atoms with van der Waals surface area (Å²) in [7, 11) is 3.21. The van der Waals surface area contributed by atoms with E-state index in [4.69, 9.17) is 47.6 Å². The van der Waals surface area contributed by atoms with Crippen LogP contribution in [0.25, 0.3) is 33.6 Å². The van der Waals surface area contributed by atoms with E-state index in [1.165, 1.54) is 0 Å². The van der Waals surface area contributed by atoms with Crippen molar-refractivity contribution in [1.82, 2.24) is 30.5 Å². The molecule has 4 aromatic rings. The third-order valence-electron chi connectivity index (χ3n) is 9.75. The molecule has 2 N–H and O–H groups in total. The zero-order chi connectivity index (χ0) is 34.1. The van der Waals surface area contributed by atoms with E-state index in [9.17, 15) is 9.59 Å². The van der Waals surface area contributed by atoms with Crippen LogP contribution < -0.4 is 20.1 Å². The summed E-state index contributed by atoms with van der Waals surface area (Å²) >= 11 is 14.2. The summed E-state index contributed by atoms with van der Waals surface area (Å²) in [5.41, 5.74) is 6.04. The molecule has 254 valence electrons. The number of benzene rings is 2. The van der Waals surface area contributed by atoms with Gasteiger partial charge < -0.3 is 20.1 Å². The van der Waals surface area contributed by atoms with Crippen LogP contribution in [-0.2, 0) is 22.6 Å². The molecule has 2 aromatic heterocycles. The van der Waals surface area contributed by atoms with Crippen molar-refractivity contribution in [3.05, 3.63) is 76.0 Å². The Bertz CT molecular complexity index is 1910. The van der Waals surface area contributed by atoms with Crippen molar-refractivity contribution in [3.63, 3.8) is 0 Å². The average molecular weight is 702 g/mol. The predicted molar refractivity (Wildman–Crippen MR) is 189 cm³/mol. The van der Waals surface area contributed by atoms with Gasteiger partial charge in [-0.25, -0.2) is 9.97 Å². The van der Waals surface area contributed by atoms with Crippen molar-refractivity contribution < 1.29 is 19.1 Å². The van der Waals surface area contributed by atoms with Crippen molar-refractivity contribution in [1.29, 1.82) is 0 Å². The van der Waals surface area contributed by atoms with Crippen molar-refractivity contribution in [2.75, 3.05) is 33.9 Å². The van der Waals surface area contributed by atoms with Gasteiger partial charge in [0.05, 0.1) is 41.8 Å². The topological polar surface area (TPSA) is 119 Å². The van der Waals surface area contributed by atoms with Gasteiger partial charge in [-0.05, 0) is 31.7 Å². The minimum atomic E-state index is 0.0343. The van der Waals surface area contributed by atoms with Gasteiger partial charge in [0.1, 0.15) is 5.69 Å². The number of rotatable bonds is 11. The Hall–Kier alpha value is -4.25. The van der Waals surface area contributed by atoms with Crippen LogP contribution in [0.1, 0.15) is 43.4 Å². The van der Waals surface area contributed by atoms with Gasteiger partial charge in [-0.2, -0.15) is 0 Å². The van der Waals surface area contributed by atoms with Crippen LogP contribution in [0.15, 0.2) is 54.7 Å². The molecule has 3 aliphatic heterocycles. The second kappa shape index (κ2) is 13.9. The highest BCUT2D eigenvalue weighted by Gasteiger charge is 2.48. The number of amides is 2. The van der Waals surface area contributed by atoms with E-state index >= 15 is 0 Å². The van der Waals surface area contributed by atoms with Gasteiger partial charge >= 0.3 is 0 Å². The van der Waals surface area contributed by atoms with E-state index in [1.54, 1.807) is 20.4 Å². The highest BCUT2D eigenvalue weighted by atomic mass is 35.5. The van der Waals surface area contributed by atoms with Gasteiger partial charge in [-0.3, -0.25) is 19.5 Å². The van der Waals surface area contributed by atoms with Crippen molar-refractivity contribution >= 4 is 35.0 Å². The number of hydrogen-bond acceptors (Lipinski definition) is 8. The number of hydrogen-bond donors (Lipinski definition) is 2. The monoisotopic (exact) mass is 700 g/mol. The van der Waals surface area contributed by atoms with E-state index in [-0.39, 0.29) is 23.3 Å². The van der Waals surface area contributed by atoms with E-state index in [2.05, 4.69) is 15.5 Å². The summed E-state index contributed by atoms with van der Waals surface area (Å²) in [6, 6.07) is 15.8. The molecule has 2 amide bonds. The zero-order valence-corrected chi connectivity index (χ0v) is 29.0. The van der Waals surface area contributed by atoms with E-state index in [1.807, 2.05) is 48.5 Å². The van der Waals surface area contributed by atoms with Crippen LogP contribution >= 0.6 is 23.2 Å². The molecule has 0 bridgehead atoms. The summed E-state index contributed by atoms with van der Waals surface area (Å²) < 4.78 is 11.3. The lowest BCUT2D eigenvalue weighted by molar-refractivity contribution is -0.121. The maximum Gasteiger partial charge on any atom is 0.237 e. The number of carbonyl (C=O) groups is 2. The lowest BCUT2D eigenvalue weighted by Crippen LogP contribution is -2.56. The molecule has 0 saturated carbocycles. The number of ether oxygens (including phenoxy) is 2. The van der Waals surface area contributed by atoms with Crippen molar-refractivity contribution in [2.45, 2.75) is 51.1 Å². The van der Waals surface area contributed by atoms with Crippen LogP contribution in [0.3, 0.4) is 0 Å². The fourth-order valence-corrected chi connectivity index (χ4v) is 7.94. The van der Waals surface area contributed by atoms with Crippen LogP contribution in [0.2, 0.25) is 10.0 Å². The Labute approximate surface area is 295 Å². The number of nitrogens with one attached hydrogen (secondary N) is 2. The number of aromatic nitrogens is 3. The summed E-state index contributed by atoms with van der Waals surface area (Å²) in [6.07, 6.45) is 6.45. The molecule has 3 fully saturated rings. The summed E-state index contributed by atoms with van der Waals surface area (Å²) in [6.45, 7) is 2.98. The number of halogens is 2. The maximum absolute atomic E-state index is 11.7. The first-order chi connectivity index (χ1) is 23.8. The fourth-order valence-electron chi connectivity index (χ4n) is 7.29. The van der Waals surface area contributed by atoms with E-state index in [0.29, 0.717) is 58.1 Å². The molecular weight excluding hydrogens is 663 g/mol. The van der Waals surface area contributed by atoms with Crippen LogP contribution in [0, 0.1) is 5.41 Å². The minimum Gasteiger partial charge on any atom is -0.481 e. The highest BCUT2D eigenvalue weighted by Crippen LogP contribution is 2.43. The standard InChI is InChI=1S/C37H38Cl2N6O4/c1-48-35-22(6-3-7-23-13-15-31(46)42-23)12-14-28(43-35)26-10-4-8-24(33(26)38)25-9-5-11-27(34(25)39)29-17-40-30(36(44-29)49-2)18-45-20-37(21-45)16-32(47)41-19-37/h4-5,8-12,14,17,23H,3,6-7,13,15-16,18-21H2,1-2H3,(H,41,47)(H,42,46)/t23-/m1/s1. The second-order valence-electron chi connectivity index (χ2n) is 13.2. The van der Waals surface area contributed by atoms with Crippen LogP contribution in [0.5, 0.6) is 11.8 Å². The Morgan fingerprint density at radius 1 is 0.878 bits per heavy atom. The van der Waals surface area contributed by atoms with Gasteiger partial charge in [0.15, 0.2) is 0 Å². The SMILES string of the molecule is COc1nc(-c2cccc(-c3cccc(-c4cnc(CN5CC6(CNC(=O)C6)C5)c(OC)n4)c3Cl)c2Cl)ccc1CCC[C@@H]1CCC(=O)N1. The van der Waals surface area contributed by atoms with Gasteiger partial charge in [0.2, 0.25) is 23.6 Å². The lowest BCUT2D eigenvalue weighted by atomic mass is 9.79. The molecule has 0 aliphatic carbocycles. The van der Waals surface area contributed by atoms with Gasteiger partial charge in [0, 0.05) is 78.3 Å². The summed E-state index contributed by atoms with van der Waals surface area (Å²) in [5, 5.41) is 6.99. The van der Waals surface area contributed by atoms with E-state index in [0.717, 1.165) is 73.3 Å². The van der Waals surface area contributed by atoms with Crippen LogP contribution in [-0.4, -0.2) is 71.6 Å². The molecule has 0 radical (unpaired) electrons. The Morgan fingerprint density at radius 3 is 2.18 bits per heavy atom. The van der Waals surface area contributed by atoms with Crippen LogP contribution in [0.4, 0.5) is 0 Å². The first kappa shape index (κ1) is 33.3. The zero-order valence-electron chi connectivity index (χ0n) is 27.5. The normalized spacial score (nSPS) is 18.3.